The highest BCUT2D eigenvalue weighted by molar-refractivity contribution is 5.93. The average Bonchev–Trinajstić information content (AvgIpc) is 3.54. The number of hydrogen-bond acceptors (Lipinski definition) is 7. The summed E-state index contributed by atoms with van der Waals surface area (Å²) >= 11 is 0. The van der Waals surface area contributed by atoms with Crippen molar-refractivity contribution >= 4 is 23.6 Å². The van der Waals surface area contributed by atoms with Gasteiger partial charge in [0.05, 0.1) is 12.2 Å². The molecule has 2 aliphatic heterocycles. The predicted octanol–water partition coefficient (Wildman–Crippen LogP) is 2.81. The summed E-state index contributed by atoms with van der Waals surface area (Å²) in [5.41, 5.74) is 1.26. The number of nitrogens with one attached hydrogen (secondary N) is 1. The minimum atomic E-state index is -0.583. The van der Waals surface area contributed by atoms with Crippen LogP contribution in [0.5, 0.6) is 5.88 Å². The Balaban J connectivity index is 1.28. The van der Waals surface area contributed by atoms with Crippen LogP contribution in [-0.2, 0) is 4.74 Å². The molecule has 164 valence electrons. The van der Waals surface area contributed by atoms with Gasteiger partial charge in [0, 0.05) is 36.5 Å². The van der Waals surface area contributed by atoms with E-state index < -0.39 is 18.0 Å². The summed E-state index contributed by atoms with van der Waals surface area (Å²) in [5.74, 6) is 0.283. The zero-order valence-corrected chi connectivity index (χ0v) is 16.7. The summed E-state index contributed by atoms with van der Waals surface area (Å²) in [5, 5.41) is 6.33. The molecule has 3 aromatic rings. The van der Waals surface area contributed by atoms with Gasteiger partial charge in [0.15, 0.2) is 6.10 Å². The van der Waals surface area contributed by atoms with Crippen LogP contribution in [0.25, 0.3) is 11.1 Å². The van der Waals surface area contributed by atoms with E-state index in [-0.39, 0.29) is 19.2 Å². The van der Waals surface area contributed by atoms with Gasteiger partial charge in [0.25, 0.3) is 5.88 Å². The van der Waals surface area contributed by atoms with Crippen molar-refractivity contribution in [3.8, 4) is 17.0 Å². The quantitative estimate of drug-likeness (QED) is 0.629. The first-order valence-electron chi connectivity index (χ1n) is 9.91. The summed E-state index contributed by atoms with van der Waals surface area (Å²) in [7, 11) is 0. The number of aromatic nitrogens is 2. The molecule has 0 unspecified atom stereocenters. The molecule has 0 spiro atoms. The van der Waals surface area contributed by atoms with E-state index in [1.165, 1.54) is 28.3 Å². The van der Waals surface area contributed by atoms with Gasteiger partial charge in [-0.3, -0.25) is 9.80 Å². The van der Waals surface area contributed by atoms with Crippen molar-refractivity contribution in [2.24, 2.45) is 0 Å². The Morgan fingerprint density at radius 2 is 2.09 bits per heavy atom. The molecule has 1 N–H and O–H groups in total. The van der Waals surface area contributed by atoms with Gasteiger partial charge >= 0.3 is 12.1 Å². The molecule has 1 atom stereocenters. The summed E-state index contributed by atoms with van der Waals surface area (Å²) < 4.78 is 30.3. The molecule has 11 heteroatoms. The van der Waals surface area contributed by atoms with Crippen LogP contribution in [0.15, 0.2) is 53.4 Å². The largest absolute Gasteiger partial charge is 0.471 e. The maximum Gasteiger partial charge on any atom is 0.414 e. The molecule has 0 aliphatic carbocycles. The normalized spacial score (nSPS) is 18.1. The van der Waals surface area contributed by atoms with Crippen LogP contribution in [0.4, 0.5) is 25.5 Å². The number of carbonyl (C=O) groups is 2. The number of halogens is 1. The Morgan fingerprint density at radius 3 is 2.78 bits per heavy atom. The van der Waals surface area contributed by atoms with Crippen molar-refractivity contribution < 1.29 is 28.0 Å². The molecule has 10 nitrogen and oxygen atoms in total. The molecule has 2 saturated heterocycles. The van der Waals surface area contributed by atoms with Gasteiger partial charge in [-0.15, -0.1) is 0 Å². The average molecular weight is 439 g/mol. The number of rotatable bonds is 6. The molecule has 0 saturated carbocycles. The van der Waals surface area contributed by atoms with Crippen LogP contribution in [0.2, 0.25) is 0 Å². The molecule has 5 rings (SSSR count). The first-order chi connectivity index (χ1) is 15.6. The molecular formula is C21H18FN5O5. The monoisotopic (exact) mass is 439 g/mol. The highest BCUT2D eigenvalue weighted by Crippen LogP contribution is 2.30. The lowest BCUT2D eigenvalue weighted by molar-refractivity contribution is 0.102. The Hall–Kier alpha value is -4.15. The minimum Gasteiger partial charge on any atom is -0.471 e. The lowest BCUT2D eigenvalue weighted by Crippen LogP contribution is -2.28. The van der Waals surface area contributed by atoms with E-state index in [9.17, 15) is 14.0 Å². The highest BCUT2D eigenvalue weighted by atomic mass is 19.1. The van der Waals surface area contributed by atoms with E-state index in [1.54, 1.807) is 30.3 Å². The summed E-state index contributed by atoms with van der Waals surface area (Å²) in [6.07, 6.45) is 1.78. The molecule has 1 aromatic carbocycles. The molecule has 2 aliphatic rings. The van der Waals surface area contributed by atoms with Gasteiger partial charge in [0.2, 0.25) is 0 Å². The molecule has 0 bridgehead atoms. The van der Waals surface area contributed by atoms with E-state index in [1.807, 2.05) is 0 Å². The summed E-state index contributed by atoms with van der Waals surface area (Å²) in [4.78, 5) is 31.1. The van der Waals surface area contributed by atoms with Crippen molar-refractivity contribution in [1.82, 2.24) is 15.5 Å². The standard InChI is InChI=1S/C21H18FN5O5/c22-17-9-14(27-11-15(32-21(27)29)12-30-19-5-8-31-25-19)2-3-16(17)13-1-4-18(24-10-13)26-7-6-23-20(26)28/h1-5,8-10,15H,6-7,11-12H2,(H,23,28)/t15-/m1/s1. The molecule has 0 radical (unpaired) electrons. The number of pyridine rings is 1. The molecular weight excluding hydrogens is 421 g/mol. The number of carbonyl (C=O) groups excluding carboxylic acids is 2. The van der Waals surface area contributed by atoms with Crippen LogP contribution in [-0.4, -0.2) is 54.6 Å². The van der Waals surface area contributed by atoms with E-state index in [2.05, 4.69) is 20.0 Å². The van der Waals surface area contributed by atoms with Crippen LogP contribution >= 0.6 is 0 Å². The molecule has 3 amide bonds. The fraction of sp³-hybridized carbons (Fsp3) is 0.238. The lowest BCUT2D eigenvalue weighted by Gasteiger charge is -2.15. The molecule has 2 aromatic heterocycles. The number of cyclic esters (lactones) is 1. The van der Waals surface area contributed by atoms with Crippen LogP contribution < -0.4 is 19.9 Å². The Kier molecular flexibility index (Phi) is 5.06. The molecule has 32 heavy (non-hydrogen) atoms. The van der Waals surface area contributed by atoms with Crippen molar-refractivity contribution in [3.63, 3.8) is 0 Å². The summed E-state index contributed by atoms with van der Waals surface area (Å²) in [6, 6.07) is 9.21. The van der Waals surface area contributed by atoms with E-state index in [4.69, 9.17) is 9.47 Å². The van der Waals surface area contributed by atoms with Gasteiger partial charge < -0.3 is 19.3 Å². The molecule has 2 fully saturated rings. The minimum absolute atomic E-state index is 0.0996. The Bertz CT molecular complexity index is 1140. The van der Waals surface area contributed by atoms with E-state index >= 15 is 0 Å². The number of hydrogen-bond donors (Lipinski definition) is 1. The second kappa shape index (κ2) is 8.17. The SMILES string of the molecule is O=C1O[C@@H](COc2ccon2)CN1c1ccc(-c2ccc(N3CCNC3=O)nc2)c(F)c1. The van der Waals surface area contributed by atoms with Crippen molar-refractivity contribution in [2.45, 2.75) is 6.10 Å². The number of ether oxygens (including phenoxy) is 2. The highest BCUT2D eigenvalue weighted by Gasteiger charge is 2.33. The van der Waals surface area contributed by atoms with Crippen LogP contribution in [0.1, 0.15) is 0 Å². The summed E-state index contributed by atoms with van der Waals surface area (Å²) in [6.45, 7) is 1.40. The maximum atomic E-state index is 14.9. The smallest absolute Gasteiger partial charge is 0.414 e. The zero-order chi connectivity index (χ0) is 22.1. The van der Waals surface area contributed by atoms with Gasteiger partial charge in [-0.25, -0.2) is 19.0 Å². The second-order valence-electron chi connectivity index (χ2n) is 7.22. The van der Waals surface area contributed by atoms with Crippen molar-refractivity contribution in [1.29, 1.82) is 0 Å². The third kappa shape index (κ3) is 3.80. The number of urea groups is 1. The third-order valence-electron chi connectivity index (χ3n) is 5.16. The second-order valence-corrected chi connectivity index (χ2v) is 7.22. The first-order valence-corrected chi connectivity index (χ1v) is 9.91. The predicted molar refractivity (Wildman–Crippen MR) is 110 cm³/mol. The molecule has 4 heterocycles. The lowest BCUT2D eigenvalue weighted by atomic mass is 10.1. The number of benzene rings is 1. The zero-order valence-electron chi connectivity index (χ0n) is 16.7. The van der Waals surface area contributed by atoms with Gasteiger partial charge in [-0.05, 0) is 35.5 Å². The Morgan fingerprint density at radius 1 is 1.19 bits per heavy atom. The van der Waals surface area contributed by atoms with Crippen molar-refractivity contribution in [2.75, 3.05) is 36.0 Å². The number of nitrogens with zero attached hydrogens (tertiary/aromatic N) is 4. The fourth-order valence-corrected chi connectivity index (χ4v) is 3.57. The van der Waals surface area contributed by atoms with Crippen molar-refractivity contribution in [3.05, 3.63) is 54.7 Å². The van der Waals surface area contributed by atoms with E-state index in [0.29, 0.717) is 41.6 Å². The van der Waals surface area contributed by atoms with E-state index in [0.717, 1.165) is 0 Å². The van der Waals surface area contributed by atoms with Gasteiger partial charge in [0.1, 0.15) is 24.5 Å². The van der Waals surface area contributed by atoms with Crippen LogP contribution in [0, 0.1) is 5.82 Å². The fourth-order valence-electron chi connectivity index (χ4n) is 3.57. The Labute approximate surface area is 181 Å². The number of anilines is 2. The third-order valence-corrected chi connectivity index (χ3v) is 5.16. The maximum absolute atomic E-state index is 14.9. The van der Waals surface area contributed by atoms with Crippen LogP contribution in [0.3, 0.4) is 0 Å². The van der Waals surface area contributed by atoms with Gasteiger partial charge in [-0.2, -0.15) is 0 Å². The van der Waals surface area contributed by atoms with Gasteiger partial charge in [-0.1, -0.05) is 0 Å². The topological polar surface area (TPSA) is 110 Å². The first kappa shape index (κ1) is 19.8. The number of amides is 3.